The molecule has 1 heterocycles. The maximum atomic E-state index is 12.9. The molecule has 1 aromatic heterocycles. The van der Waals surface area contributed by atoms with Crippen molar-refractivity contribution in [2.24, 2.45) is 0 Å². The van der Waals surface area contributed by atoms with Gasteiger partial charge in [-0.05, 0) is 42.0 Å². The molecule has 0 aliphatic rings. The first-order chi connectivity index (χ1) is 12.3. The predicted octanol–water partition coefficient (Wildman–Crippen LogP) is 5.31. The monoisotopic (exact) mass is 470 g/mol. The van der Waals surface area contributed by atoms with Crippen LogP contribution < -0.4 is 5.56 Å². The number of H-pyrrole nitrogens is 1. The highest BCUT2D eigenvalue weighted by Gasteiger charge is 2.19. The Kier molecular flexibility index (Phi) is 5.82. The number of aromatic nitrogens is 2. The van der Waals surface area contributed by atoms with Crippen molar-refractivity contribution >= 4 is 56.5 Å². The van der Waals surface area contributed by atoms with E-state index in [9.17, 15) is 9.59 Å². The first-order valence-corrected chi connectivity index (χ1v) is 9.30. The van der Waals surface area contributed by atoms with Crippen LogP contribution in [-0.2, 0) is 6.42 Å². The molecule has 0 bridgehead atoms. The topological polar surface area (TPSA) is 62.8 Å². The lowest BCUT2D eigenvalue weighted by molar-refractivity contribution is 0.103. The SMILES string of the molecule is O=C(c1ccc(Br)c(Cc2ccc(=O)[nH]n2)c1)c1c(Cl)cc(Cl)cc1Cl. The van der Waals surface area contributed by atoms with Gasteiger partial charge in [-0.1, -0.05) is 50.7 Å². The number of nitrogens with one attached hydrogen (secondary N) is 1. The normalized spacial score (nSPS) is 10.8. The van der Waals surface area contributed by atoms with Crippen molar-refractivity contribution < 1.29 is 4.79 Å². The van der Waals surface area contributed by atoms with Gasteiger partial charge >= 0.3 is 0 Å². The summed E-state index contributed by atoms with van der Waals surface area (Å²) in [5, 5.41) is 7.12. The molecule has 8 heteroatoms. The molecule has 132 valence electrons. The summed E-state index contributed by atoms with van der Waals surface area (Å²) in [6.45, 7) is 0. The Morgan fingerprint density at radius 3 is 2.35 bits per heavy atom. The number of hydrogen-bond acceptors (Lipinski definition) is 3. The molecular weight excluding hydrogens is 462 g/mol. The second-order valence-corrected chi connectivity index (χ2v) is 7.57. The minimum absolute atomic E-state index is 0.194. The Bertz CT molecular complexity index is 1020. The zero-order valence-corrected chi connectivity index (χ0v) is 16.9. The molecule has 0 fully saturated rings. The van der Waals surface area contributed by atoms with Crippen LogP contribution in [0.3, 0.4) is 0 Å². The molecular formula is C18H10BrCl3N2O2. The Morgan fingerprint density at radius 1 is 1.04 bits per heavy atom. The van der Waals surface area contributed by atoms with Crippen LogP contribution in [0.5, 0.6) is 0 Å². The molecule has 4 nitrogen and oxygen atoms in total. The number of carbonyl (C=O) groups excluding carboxylic acids is 1. The number of rotatable bonds is 4. The summed E-state index contributed by atoms with van der Waals surface area (Å²) in [7, 11) is 0. The van der Waals surface area contributed by atoms with E-state index in [4.69, 9.17) is 34.8 Å². The third-order valence-electron chi connectivity index (χ3n) is 3.65. The standard InChI is InChI=1S/C18H10BrCl3N2O2/c19-13-3-1-9(5-10(13)6-12-2-4-16(25)24-23-12)18(26)17-14(21)7-11(20)8-15(17)22/h1-5,7-8H,6H2,(H,24,25). The smallest absolute Gasteiger partial charge is 0.264 e. The molecule has 0 unspecified atom stereocenters. The van der Waals surface area contributed by atoms with E-state index >= 15 is 0 Å². The third-order valence-corrected chi connectivity index (χ3v) is 5.24. The van der Waals surface area contributed by atoms with E-state index in [0.717, 1.165) is 10.0 Å². The van der Waals surface area contributed by atoms with Gasteiger partial charge in [-0.15, -0.1) is 0 Å². The molecule has 0 saturated heterocycles. The molecule has 0 radical (unpaired) electrons. The fourth-order valence-corrected chi connectivity index (χ4v) is 3.80. The number of nitrogens with zero attached hydrogens (tertiary/aromatic N) is 1. The predicted molar refractivity (Wildman–Crippen MR) is 107 cm³/mol. The number of hydrogen-bond donors (Lipinski definition) is 1. The van der Waals surface area contributed by atoms with Crippen LogP contribution in [0.1, 0.15) is 27.2 Å². The van der Waals surface area contributed by atoms with Crippen molar-refractivity contribution in [1.82, 2.24) is 10.2 Å². The van der Waals surface area contributed by atoms with Gasteiger partial charge in [0.25, 0.3) is 5.56 Å². The minimum Gasteiger partial charge on any atom is -0.288 e. The largest absolute Gasteiger partial charge is 0.288 e. The fraction of sp³-hybridized carbons (Fsp3) is 0.0556. The highest BCUT2D eigenvalue weighted by Crippen LogP contribution is 2.31. The summed E-state index contributed by atoms with van der Waals surface area (Å²) in [4.78, 5) is 24.0. The van der Waals surface area contributed by atoms with Gasteiger partial charge in [-0.2, -0.15) is 5.10 Å². The molecule has 0 aliphatic carbocycles. The third kappa shape index (κ3) is 4.18. The average molecular weight is 473 g/mol. The van der Waals surface area contributed by atoms with Crippen LogP contribution in [0.4, 0.5) is 0 Å². The van der Waals surface area contributed by atoms with Gasteiger partial charge in [0, 0.05) is 27.5 Å². The number of benzene rings is 2. The van der Waals surface area contributed by atoms with Crippen molar-refractivity contribution in [1.29, 1.82) is 0 Å². The Labute approximate surface area is 172 Å². The van der Waals surface area contributed by atoms with Gasteiger partial charge in [-0.3, -0.25) is 9.59 Å². The van der Waals surface area contributed by atoms with Gasteiger partial charge in [0.2, 0.25) is 0 Å². The maximum Gasteiger partial charge on any atom is 0.264 e. The summed E-state index contributed by atoms with van der Waals surface area (Å²) >= 11 is 21.7. The van der Waals surface area contributed by atoms with Crippen LogP contribution in [0.25, 0.3) is 0 Å². The van der Waals surface area contributed by atoms with Gasteiger partial charge < -0.3 is 0 Å². The van der Waals surface area contributed by atoms with Gasteiger partial charge in [0.15, 0.2) is 5.78 Å². The molecule has 26 heavy (non-hydrogen) atoms. The van der Waals surface area contributed by atoms with Crippen molar-refractivity contribution in [3.05, 3.63) is 94.7 Å². The summed E-state index contributed by atoms with van der Waals surface area (Å²) in [6.07, 6.45) is 0.431. The van der Waals surface area contributed by atoms with Crippen LogP contribution >= 0.6 is 50.7 Å². The summed E-state index contributed by atoms with van der Waals surface area (Å²) in [6, 6.07) is 11.2. The van der Waals surface area contributed by atoms with E-state index in [1.165, 1.54) is 18.2 Å². The summed E-state index contributed by atoms with van der Waals surface area (Å²) in [5.41, 5.74) is 1.85. The molecule has 3 aromatic rings. The highest BCUT2D eigenvalue weighted by atomic mass is 79.9. The number of ketones is 1. The lowest BCUT2D eigenvalue weighted by Crippen LogP contribution is -2.08. The van der Waals surface area contributed by atoms with Crippen LogP contribution in [0.15, 0.2) is 51.7 Å². The van der Waals surface area contributed by atoms with Gasteiger partial charge in [0.05, 0.1) is 21.3 Å². The van der Waals surface area contributed by atoms with Crippen LogP contribution in [0.2, 0.25) is 15.1 Å². The lowest BCUT2D eigenvalue weighted by atomic mass is 9.99. The lowest BCUT2D eigenvalue weighted by Gasteiger charge is -2.10. The fourth-order valence-electron chi connectivity index (χ4n) is 2.42. The molecule has 3 rings (SSSR count). The van der Waals surface area contributed by atoms with E-state index in [1.807, 2.05) is 0 Å². The van der Waals surface area contributed by atoms with Crippen molar-refractivity contribution in [2.75, 3.05) is 0 Å². The van der Waals surface area contributed by atoms with E-state index in [0.29, 0.717) is 22.7 Å². The summed E-state index contributed by atoms with van der Waals surface area (Å²) < 4.78 is 0.815. The van der Waals surface area contributed by atoms with Gasteiger partial charge in [-0.25, -0.2) is 5.10 Å². The zero-order valence-electron chi connectivity index (χ0n) is 13.0. The Hall–Kier alpha value is -1.66. The molecule has 0 saturated carbocycles. The van der Waals surface area contributed by atoms with Crippen LogP contribution in [-0.4, -0.2) is 16.0 Å². The number of halogens is 4. The van der Waals surface area contributed by atoms with Crippen molar-refractivity contribution in [2.45, 2.75) is 6.42 Å². The van der Waals surface area contributed by atoms with E-state index < -0.39 is 0 Å². The highest BCUT2D eigenvalue weighted by molar-refractivity contribution is 9.10. The number of carbonyl (C=O) groups is 1. The molecule has 2 aromatic carbocycles. The first-order valence-electron chi connectivity index (χ1n) is 7.37. The second-order valence-electron chi connectivity index (χ2n) is 5.47. The Balaban J connectivity index is 1.98. The molecule has 1 N–H and O–H groups in total. The second kappa shape index (κ2) is 7.92. The van der Waals surface area contributed by atoms with E-state index in [-0.39, 0.29) is 27.0 Å². The molecule has 0 aliphatic heterocycles. The Morgan fingerprint density at radius 2 is 1.73 bits per heavy atom. The zero-order chi connectivity index (χ0) is 18.8. The van der Waals surface area contributed by atoms with Gasteiger partial charge in [0.1, 0.15) is 0 Å². The number of aromatic amines is 1. The minimum atomic E-state index is -0.306. The van der Waals surface area contributed by atoms with Crippen LogP contribution in [0, 0.1) is 0 Å². The average Bonchev–Trinajstić information content (AvgIpc) is 2.57. The molecule has 0 spiro atoms. The van der Waals surface area contributed by atoms with E-state index in [1.54, 1.807) is 24.3 Å². The quantitative estimate of drug-likeness (QED) is 0.523. The van der Waals surface area contributed by atoms with E-state index in [2.05, 4.69) is 26.1 Å². The maximum absolute atomic E-state index is 12.9. The molecule has 0 amide bonds. The first kappa shape index (κ1) is 19.1. The van der Waals surface area contributed by atoms with Crippen molar-refractivity contribution in [3.8, 4) is 0 Å². The van der Waals surface area contributed by atoms with Crippen molar-refractivity contribution in [3.63, 3.8) is 0 Å². The summed E-state index contributed by atoms with van der Waals surface area (Å²) in [5.74, 6) is -0.306. The molecule has 0 atom stereocenters.